The highest BCUT2D eigenvalue weighted by Gasteiger charge is 2.64. The Labute approximate surface area is 185 Å². The molecule has 5 aliphatic rings. The molecule has 2 saturated carbocycles. The van der Waals surface area contributed by atoms with Crippen LogP contribution in [0.1, 0.15) is 69.4 Å². The Morgan fingerprint density at radius 2 is 2.10 bits per heavy atom. The van der Waals surface area contributed by atoms with E-state index in [9.17, 15) is 4.79 Å². The van der Waals surface area contributed by atoms with E-state index in [-0.39, 0.29) is 10.8 Å². The molecular formula is C28H34O3. The van der Waals surface area contributed by atoms with Gasteiger partial charge >= 0.3 is 0 Å². The molecule has 0 saturated heterocycles. The number of carbonyl (C=O) groups is 1. The Morgan fingerprint density at radius 3 is 2.90 bits per heavy atom. The van der Waals surface area contributed by atoms with Gasteiger partial charge < -0.3 is 9.47 Å². The zero-order valence-electron chi connectivity index (χ0n) is 19.1. The van der Waals surface area contributed by atoms with Gasteiger partial charge in [-0.25, -0.2) is 0 Å². The van der Waals surface area contributed by atoms with Crippen LogP contribution in [0.3, 0.4) is 0 Å². The predicted octanol–water partition coefficient (Wildman–Crippen LogP) is 5.99. The standard InChI is InChI=1S/C28H34O3/c1-4-31-20-11-12-28-15-17-13-19(30-3)6-8-21(17)23-16-27(2)24(9-10-25(27)29)22(26(23)28)7-5-18(28)14-20/h5-6,8,13-14,22-24,26H,4,7,9-12,15-16H2,1-3H3/t22-,23?,24-,26?,27-,28+/m0/s1. The molecule has 0 aliphatic heterocycles. The van der Waals surface area contributed by atoms with Gasteiger partial charge in [-0.1, -0.05) is 19.1 Å². The van der Waals surface area contributed by atoms with Crippen LogP contribution in [0.5, 0.6) is 5.75 Å². The van der Waals surface area contributed by atoms with Crippen LogP contribution in [0.25, 0.3) is 0 Å². The molecule has 164 valence electrons. The molecule has 1 aromatic rings. The zero-order chi connectivity index (χ0) is 21.4. The first kappa shape index (κ1) is 19.6. The average molecular weight is 419 g/mol. The highest BCUT2D eigenvalue weighted by atomic mass is 16.5. The minimum atomic E-state index is -0.145. The van der Waals surface area contributed by atoms with Crippen molar-refractivity contribution in [2.24, 2.45) is 28.6 Å². The van der Waals surface area contributed by atoms with Crippen LogP contribution in [0.15, 0.2) is 41.7 Å². The first-order chi connectivity index (χ1) is 15.0. The third-order valence-electron chi connectivity index (χ3n) is 9.74. The molecule has 0 N–H and O–H groups in total. The SMILES string of the molecule is CCOC1=CC2=CC[C@@H]3C4C(C[C@]5(C)C(=O)CC[C@@H]35)c3ccc(OC)cc3C[C@]24CC1. The second-order valence-electron chi connectivity index (χ2n) is 10.8. The molecule has 1 aromatic carbocycles. The zero-order valence-corrected chi connectivity index (χ0v) is 19.1. The summed E-state index contributed by atoms with van der Waals surface area (Å²) in [5, 5.41) is 0. The molecular weight excluding hydrogens is 384 g/mol. The Bertz CT molecular complexity index is 1000. The molecule has 0 amide bonds. The van der Waals surface area contributed by atoms with E-state index in [0.717, 1.165) is 63.1 Å². The van der Waals surface area contributed by atoms with Gasteiger partial charge in [-0.3, -0.25) is 4.79 Å². The topological polar surface area (TPSA) is 35.5 Å². The summed E-state index contributed by atoms with van der Waals surface area (Å²) in [5.41, 5.74) is 4.47. The minimum Gasteiger partial charge on any atom is -0.498 e. The van der Waals surface area contributed by atoms with Crippen LogP contribution >= 0.6 is 0 Å². The Morgan fingerprint density at radius 1 is 1.23 bits per heavy atom. The number of rotatable bonds is 3. The molecule has 6 rings (SSSR count). The monoisotopic (exact) mass is 418 g/mol. The van der Waals surface area contributed by atoms with E-state index in [1.165, 1.54) is 16.7 Å². The maximum absolute atomic E-state index is 13.1. The van der Waals surface area contributed by atoms with E-state index in [1.807, 2.05) is 0 Å². The number of hydrogen-bond donors (Lipinski definition) is 0. The van der Waals surface area contributed by atoms with Gasteiger partial charge in [0.05, 0.1) is 19.5 Å². The van der Waals surface area contributed by atoms with E-state index in [2.05, 4.69) is 44.2 Å². The number of Topliss-reactive ketones (excluding diaryl/α,β-unsaturated/α-hetero) is 1. The van der Waals surface area contributed by atoms with Gasteiger partial charge in [0, 0.05) is 23.7 Å². The van der Waals surface area contributed by atoms with Gasteiger partial charge in [-0.05, 0) is 97.6 Å². The number of allylic oxidation sites excluding steroid dienone is 4. The van der Waals surface area contributed by atoms with Gasteiger partial charge in [0.15, 0.2) is 0 Å². The largest absolute Gasteiger partial charge is 0.498 e. The molecule has 2 fully saturated rings. The molecule has 5 aliphatic carbocycles. The van der Waals surface area contributed by atoms with Crippen molar-refractivity contribution in [3.63, 3.8) is 0 Å². The lowest BCUT2D eigenvalue weighted by Gasteiger charge is -2.62. The van der Waals surface area contributed by atoms with Crippen LogP contribution < -0.4 is 4.74 Å². The Kier molecular flexibility index (Phi) is 4.27. The van der Waals surface area contributed by atoms with Gasteiger partial charge in [-0.2, -0.15) is 0 Å². The number of ketones is 1. The van der Waals surface area contributed by atoms with Gasteiger partial charge in [0.1, 0.15) is 11.5 Å². The maximum atomic E-state index is 13.1. The van der Waals surface area contributed by atoms with Crippen molar-refractivity contribution >= 4 is 5.78 Å². The molecule has 0 bridgehead atoms. The number of hydrogen-bond acceptors (Lipinski definition) is 3. The molecule has 3 heteroatoms. The minimum absolute atomic E-state index is 0.145. The molecule has 0 radical (unpaired) electrons. The maximum Gasteiger partial charge on any atom is 0.139 e. The summed E-state index contributed by atoms with van der Waals surface area (Å²) in [6, 6.07) is 6.71. The summed E-state index contributed by atoms with van der Waals surface area (Å²) in [4.78, 5) is 13.1. The Hall–Kier alpha value is -2.03. The number of benzene rings is 1. The highest BCUT2D eigenvalue weighted by molar-refractivity contribution is 5.87. The number of fused-ring (bicyclic) bond motifs is 4. The van der Waals surface area contributed by atoms with Crippen molar-refractivity contribution in [2.45, 2.75) is 64.7 Å². The summed E-state index contributed by atoms with van der Waals surface area (Å²) in [5.74, 6) is 4.89. The van der Waals surface area contributed by atoms with Gasteiger partial charge in [0.2, 0.25) is 0 Å². The van der Waals surface area contributed by atoms with E-state index >= 15 is 0 Å². The van der Waals surface area contributed by atoms with E-state index in [0.29, 0.717) is 29.5 Å². The van der Waals surface area contributed by atoms with Crippen molar-refractivity contribution in [3.8, 4) is 5.75 Å². The fourth-order valence-electron chi connectivity index (χ4n) is 8.53. The first-order valence-corrected chi connectivity index (χ1v) is 12.2. The quantitative estimate of drug-likeness (QED) is 0.605. The molecule has 3 nitrogen and oxygen atoms in total. The predicted molar refractivity (Wildman–Crippen MR) is 121 cm³/mol. The van der Waals surface area contributed by atoms with E-state index in [4.69, 9.17) is 9.47 Å². The van der Waals surface area contributed by atoms with E-state index in [1.54, 1.807) is 7.11 Å². The van der Waals surface area contributed by atoms with Gasteiger partial charge in [0.25, 0.3) is 0 Å². The summed E-state index contributed by atoms with van der Waals surface area (Å²) in [6.07, 6.45) is 12.2. The van der Waals surface area contributed by atoms with Crippen molar-refractivity contribution < 1.29 is 14.3 Å². The van der Waals surface area contributed by atoms with Crippen LogP contribution in [0.4, 0.5) is 0 Å². The molecule has 0 aromatic heterocycles. The normalized spacial score (nSPS) is 40.0. The summed E-state index contributed by atoms with van der Waals surface area (Å²) >= 11 is 0. The lowest BCUT2D eigenvalue weighted by Crippen LogP contribution is -2.56. The third kappa shape index (κ3) is 2.55. The van der Waals surface area contributed by atoms with E-state index < -0.39 is 0 Å². The lowest BCUT2D eigenvalue weighted by atomic mass is 9.41. The Balaban J connectivity index is 1.54. The second kappa shape index (κ2) is 6.73. The third-order valence-corrected chi connectivity index (χ3v) is 9.74. The van der Waals surface area contributed by atoms with Crippen LogP contribution in [-0.2, 0) is 16.0 Å². The fraction of sp³-hybridized carbons (Fsp3) is 0.607. The summed E-state index contributed by atoms with van der Waals surface area (Å²) in [6.45, 7) is 5.11. The molecule has 31 heavy (non-hydrogen) atoms. The number of ether oxygens (including phenoxy) is 2. The fourth-order valence-corrected chi connectivity index (χ4v) is 8.53. The number of carbonyl (C=O) groups excluding carboxylic acids is 1. The summed E-state index contributed by atoms with van der Waals surface area (Å²) < 4.78 is 11.6. The van der Waals surface area contributed by atoms with Crippen molar-refractivity contribution in [3.05, 3.63) is 52.8 Å². The van der Waals surface area contributed by atoms with Crippen LogP contribution in [-0.4, -0.2) is 19.5 Å². The molecule has 2 unspecified atom stereocenters. The average Bonchev–Trinajstić information content (AvgIpc) is 3.07. The van der Waals surface area contributed by atoms with Gasteiger partial charge in [-0.15, -0.1) is 0 Å². The second-order valence-corrected chi connectivity index (χ2v) is 10.8. The summed E-state index contributed by atoms with van der Waals surface area (Å²) in [7, 11) is 1.76. The smallest absolute Gasteiger partial charge is 0.139 e. The van der Waals surface area contributed by atoms with Crippen LogP contribution in [0.2, 0.25) is 0 Å². The lowest BCUT2D eigenvalue weighted by molar-refractivity contribution is -0.133. The van der Waals surface area contributed by atoms with Crippen molar-refractivity contribution in [1.29, 1.82) is 0 Å². The van der Waals surface area contributed by atoms with Crippen molar-refractivity contribution in [1.82, 2.24) is 0 Å². The van der Waals surface area contributed by atoms with Crippen molar-refractivity contribution in [2.75, 3.05) is 13.7 Å². The van der Waals surface area contributed by atoms with Crippen LogP contribution in [0, 0.1) is 28.6 Å². The first-order valence-electron chi connectivity index (χ1n) is 12.2. The molecule has 1 spiro atoms. The molecule has 6 atom stereocenters. The highest BCUT2D eigenvalue weighted by Crippen LogP contribution is 2.70. The molecule has 0 heterocycles. The number of methoxy groups -OCH3 is 1.